The van der Waals surface area contributed by atoms with Gasteiger partial charge in [-0.1, -0.05) is 48.5 Å². The molecule has 1 saturated heterocycles. The average Bonchev–Trinajstić information content (AvgIpc) is 2.48. The molecule has 0 amide bonds. The molecule has 0 N–H and O–H groups in total. The van der Waals surface area contributed by atoms with E-state index < -0.39 is 0 Å². The first-order valence-electron chi connectivity index (χ1n) is 6.29. The van der Waals surface area contributed by atoms with Crippen LogP contribution in [0.5, 0.6) is 0 Å². The molecule has 2 unspecified atom stereocenters. The third-order valence-electron chi connectivity index (χ3n) is 4.64. The van der Waals surface area contributed by atoms with Gasteiger partial charge in [0.05, 0.1) is 6.10 Å². The summed E-state index contributed by atoms with van der Waals surface area (Å²) in [5, 5.41) is 0. The molecule has 1 fully saturated rings. The average molecular weight is 212 g/mol. The van der Waals surface area contributed by atoms with Crippen LogP contribution in [-0.2, 0) is 4.74 Å². The third-order valence-corrected chi connectivity index (χ3v) is 4.64. The summed E-state index contributed by atoms with van der Waals surface area (Å²) in [6.45, 7) is 17.3. The second-order valence-corrected chi connectivity index (χ2v) is 6.96. The number of rotatable bonds is 2. The van der Waals surface area contributed by atoms with E-state index in [9.17, 15) is 0 Å². The largest absolute Gasteiger partial charge is 0.377 e. The fourth-order valence-electron chi connectivity index (χ4n) is 2.46. The van der Waals surface area contributed by atoms with E-state index in [0.717, 1.165) is 18.4 Å². The van der Waals surface area contributed by atoms with Crippen molar-refractivity contribution in [2.45, 2.75) is 61.0 Å². The molecule has 1 heteroatoms. The van der Waals surface area contributed by atoms with Gasteiger partial charge in [0.2, 0.25) is 0 Å². The van der Waals surface area contributed by atoms with Crippen molar-refractivity contribution in [1.29, 1.82) is 0 Å². The Morgan fingerprint density at radius 1 is 1.07 bits per heavy atom. The summed E-state index contributed by atoms with van der Waals surface area (Å²) in [5.74, 6) is 1.47. The van der Waals surface area contributed by atoms with Gasteiger partial charge in [-0.2, -0.15) is 0 Å². The van der Waals surface area contributed by atoms with Crippen molar-refractivity contribution in [3.63, 3.8) is 0 Å². The van der Waals surface area contributed by atoms with Crippen LogP contribution in [-0.4, -0.2) is 12.7 Å². The van der Waals surface area contributed by atoms with Gasteiger partial charge in [0.1, 0.15) is 0 Å². The molecule has 2 atom stereocenters. The van der Waals surface area contributed by atoms with Crippen LogP contribution in [0.1, 0.15) is 54.9 Å². The molecule has 1 aliphatic rings. The Balaban J connectivity index is 2.87. The van der Waals surface area contributed by atoms with Crippen molar-refractivity contribution in [2.75, 3.05) is 6.61 Å². The molecular formula is C14H28O. The Labute approximate surface area is 95.6 Å². The summed E-state index contributed by atoms with van der Waals surface area (Å²) < 4.78 is 6.02. The highest BCUT2D eigenvalue weighted by atomic mass is 16.5. The van der Waals surface area contributed by atoms with Crippen molar-refractivity contribution in [2.24, 2.45) is 22.7 Å². The van der Waals surface area contributed by atoms with Crippen molar-refractivity contribution in [3.8, 4) is 0 Å². The Hall–Kier alpha value is -0.0400. The summed E-state index contributed by atoms with van der Waals surface area (Å²) in [5.41, 5.74) is 0.549. The molecule has 0 bridgehead atoms. The molecule has 0 aromatic heterocycles. The van der Waals surface area contributed by atoms with Gasteiger partial charge < -0.3 is 4.74 Å². The van der Waals surface area contributed by atoms with Gasteiger partial charge in [0.15, 0.2) is 0 Å². The van der Waals surface area contributed by atoms with E-state index in [0.29, 0.717) is 11.5 Å². The Bertz CT molecular complexity index is 210. The normalized spacial score (nSPS) is 28.8. The van der Waals surface area contributed by atoms with E-state index in [1.807, 2.05) is 0 Å². The molecule has 90 valence electrons. The topological polar surface area (TPSA) is 9.23 Å². The second-order valence-electron chi connectivity index (χ2n) is 6.96. The zero-order valence-corrected chi connectivity index (χ0v) is 11.6. The third kappa shape index (κ3) is 2.38. The SMILES string of the molecule is CC(C)C1CCOC1C(C)(C)C(C)(C)C. The standard InChI is InChI=1S/C14H28O/c1-10(2)11-8-9-15-12(11)14(6,7)13(3,4)5/h10-12H,8-9H2,1-7H3. The van der Waals surface area contributed by atoms with Gasteiger partial charge >= 0.3 is 0 Å². The van der Waals surface area contributed by atoms with E-state index in [2.05, 4.69) is 48.5 Å². The van der Waals surface area contributed by atoms with Gasteiger partial charge in [0.25, 0.3) is 0 Å². The van der Waals surface area contributed by atoms with Gasteiger partial charge in [-0.3, -0.25) is 0 Å². The minimum atomic E-state index is 0.248. The van der Waals surface area contributed by atoms with E-state index >= 15 is 0 Å². The lowest BCUT2D eigenvalue weighted by atomic mass is 9.62. The minimum Gasteiger partial charge on any atom is -0.377 e. The molecule has 0 aromatic carbocycles. The van der Waals surface area contributed by atoms with Crippen LogP contribution in [0.4, 0.5) is 0 Å². The lowest BCUT2D eigenvalue weighted by Gasteiger charge is -2.45. The lowest BCUT2D eigenvalue weighted by molar-refractivity contribution is -0.0677. The smallest absolute Gasteiger partial charge is 0.0662 e. The highest BCUT2D eigenvalue weighted by Crippen LogP contribution is 2.48. The summed E-state index contributed by atoms with van der Waals surface area (Å²) in [7, 11) is 0. The highest BCUT2D eigenvalue weighted by molar-refractivity contribution is 4.95. The van der Waals surface area contributed by atoms with Crippen molar-refractivity contribution >= 4 is 0 Å². The van der Waals surface area contributed by atoms with Crippen LogP contribution >= 0.6 is 0 Å². The molecule has 1 heterocycles. The zero-order chi connectivity index (χ0) is 11.9. The van der Waals surface area contributed by atoms with Crippen molar-refractivity contribution in [1.82, 2.24) is 0 Å². The first kappa shape index (κ1) is 13.0. The summed E-state index contributed by atoms with van der Waals surface area (Å²) in [6.07, 6.45) is 1.67. The maximum Gasteiger partial charge on any atom is 0.0662 e. The van der Waals surface area contributed by atoms with E-state index in [-0.39, 0.29) is 5.41 Å². The number of ether oxygens (including phenoxy) is 1. The van der Waals surface area contributed by atoms with Crippen molar-refractivity contribution in [3.05, 3.63) is 0 Å². The fourth-order valence-corrected chi connectivity index (χ4v) is 2.46. The lowest BCUT2D eigenvalue weighted by Crippen LogP contribution is -2.44. The Morgan fingerprint density at radius 3 is 2.00 bits per heavy atom. The molecule has 1 rings (SSSR count). The van der Waals surface area contributed by atoms with Crippen LogP contribution in [0, 0.1) is 22.7 Å². The monoisotopic (exact) mass is 212 g/mol. The first-order chi connectivity index (χ1) is 6.68. The molecule has 0 saturated carbocycles. The van der Waals surface area contributed by atoms with Gasteiger partial charge in [-0.25, -0.2) is 0 Å². The Kier molecular flexibility index (Phi) is 3.55. The molecule has 1 nitrogen and oxygen atoms in total. The van der Waals surface area contributed by atoms with Gasteiger partial charge in [-0.15, -0.1) is 0 Å². The summed E-state index contributed by atoms with van der Waals surface area (Å²) in [6, 6.07) is 0. The Morgan fingerprint density at radius 2 is 1.60 bits per heavy atom. The van der Waals surface area contributed by atoms with Crippen LogP contribution in [0.2, 0.25) is 0 Å². The zero-order valence-electron chi connectivity index (χ0n) is 11.6. The molecule has 15 heavy (non-hydrogen) atoms. The predicted molar refractivity (Wildman–Crippen MR) is 65.9 cm³/mol. The second kappa shape index (κ2) is 4.08. The van der Waals surface area contributed by atoms with E-state index in [1.165, 1.54) is 6.42 Å². The maximum absolute atomic E-state index is 6.02. The van der Waals surface area contributed by atoms with E-state index in [4.69, 9.17) is 4.74 Å². The predicted octanol–water partition coefficient (Wildman–Crippen LogP) is 4.12. The minimum absolute atomic E-state index is 0.248. The first-order valence-corrected chi connectivity index (χ1v) is 6.29. The number of hydrogen-bond acceptors (Lipinski definition) is 1. The molecule has 0 spiro atoms. The highest BCUT2D eigenvalue weighted by Gasteiger charge is 2.47. The van der Waals surface area contributed by atoms with Crippen LogP contribution in [0.3, 0.4) is 0 Å². The van der Waals surface area contributed by atoms with Gasteiger partial charge in [-0.05, 0) is 29.1 Å². The summed E-state index contributed by atoms with van der Waals surface area (Å²) in [4.78, 5) is 0. The molecule has 0 aromatic rings. The van der Waals surface area contributed by atoms with Crippen LogP contribution in [0.15, 0.2) is 0 Å². The summed E-state index contributed by atoms with van der Waals surface area (Å²) >= 11 is 0. The maximum atomic E-state index is 6.02. The van der Waals surface area contributed by atoms with Crippen molar-refractivity contribution < 1.29 is 4.74 Å². The van der Waals surface area contributed by atoms with Gasteiger partial charge in [0, 0.05) is 6.61 Å². The van der Waals surface area contributed by atoms with Crippen LogP contribution in [0.25, 0.3) is 0 Å². The molecule has 1 aliphatic heterocycles. The molecule has 0 aliphatic carbocycles. The fraction of sp³-hybridized carbons (Fsp3) is 1.00. The van der Waals surface area contributed by atoms with Crippen LogP contribution < -0.4 is 0 Å². The van der Waals surface area contributed by atoms with E-state index in [1.54, 1.807) is 0 Å². The quantitative estimate of drug-likeness (QED) is 0.669. The molecule has 0 radical (unpaired) electrons. The molecular weight excluding hydrogens is 184 g/mol. The number of hydrogen-bond donors (Lipinski definition) is 0.